The number of nitrogens with zero attached hydrogens (tertiary/aromatic N) is 2. The fraction of sp³-hybridized carbons (Fsp3) is 0.909. The van der Waals surface area contributed by atoms with E-state index < -0.39 is 0 Å². The van der Waals surface area contributed by atoms with E-state index >= 15 is 0 Å². The molecule has 15 heavy (non-hydrogen) atoms. The molecule has 2 heterocycles. The lowest BCUT2D eigenvalue weighted by molar-refractivity contribution is -0.0760. The maximum atomic E-state index is 11.8. The predicted molar refractivity (Wildman–Crippen MR) is 59.3 cm³/mol. The zero-order valence-corrected chi connectivity index (χ0v) is 9.70. The van der Waals surface area contributed by atoms with Crippen molar-refractivity contribution in [1.29, 1.82) is 0 Å². The van der Waals surface area contributed by atoms with Gasteiger partial charge in [0.1, 0.15) is 0 Å². The van der Waals surface area contributed by atoms with E-state index in [1.54, 1.807) is 0 Å². The van der Waals surface area contributed by atoms with Gasteiger partial charge in [-0.2, -0.15) is 0 Å². The standard InChI is InChI=1S/C11H21N3O/c1-9-5-3-6-10(2)14(9)13-8-4-7-12-11(13)15/h9-10H,3-8H2,1-2H3,(H,12,15). The van der Waals surface area contributed by atoms with Crippen LogP contribution < -0.4 is 5.32 Å². The lowest BCUT2D eigenvalue weighted by atomic mass is 9.99. The summed E-state index contributed by atoms with van der Waals surface area (Å²) in [7, 11) is 0. The van der Waals surface area contributed by atoms with Gasteiger partial charge in [0.15, 0.2) is 0 Å². The van der Waals surface area contributed by atoms with E-state index in [-0.39, 0.29) is 6.03 Å². The molecule has 4 nitrogen and oxygen atoms in total. The van der Waals surface area contributed by atoms with Crippen LogP contribution in [0.25, 0.3) is 0 Å². The van der Waals surface area contributed by atoms with Gasteiger partial charge in [-0.3, -0.25) is 5.01 Å². The lowest BCUT2D eigenvalue weighted by Gasteiger charge is -2.46. The first-order valence-electron chi connectivity index (χ1n) is 6.04. The second kappa shape index (κ2) is 4.39. The normalized spacial score (nSPS) is 34.0. The summed E-state index contributed by atoms with van der Waals surface area (Å²) >= 11 is 0. The lowest BCUT2D eigenvalue weighted by Crippen LogP contribution is -2.61. The zero-order chi connectivity index (χ0) is 10.8. The third kappa shape index (κ3) is 2.09. The Morgan fingerprint density at radius 1 is 1.20 bits per heavy atom. The molecule has 0 aromatic carbocycles. The third-order valence-electron chi connectivity index (χ3n) is 3.48. The van der Waals surface area contributed by atoms with Gasteiger partial charge in [0, 0.05) is 25.2 Å². The van der Waals surface area contributed by atoms with Crippen LogP contribution in [0, 0.1) is 0 Å². The largest absolute Gasteiger partial charge is 0.337 e. The van der Waals surface area contributed by atoms with Gasteiger partial charge in [0.2, 0.25) is 0 Å². The summed E-state index contributed by atoms with van der Waals surface area (Å²) in [5.74, 6) is 0. The Kier molecular flexibility index (Phi) is 3.14. The number of piperidine rings is 1. The zero-order valence-electron chi connectivity index (χ0n) is 9.70. The fourth-order valence-electron chi connectivity index (χ4n) is 2.72. The van der Waals surface area contributed by atoms with Crippen LogP contribution in [0.5, 0.6) is 0 Å². The highest BCUT2D eigenvalue weighted by Crippen LogP contribution is 2.25. The number of hydrazine groups is 1. The molecule has 0 aliphatic carbocycles. The van der Waals surface area contributed by atoms with Crippen molar-refractivity contribution in [3.8, 4) is 0 Å². The molecule has 2 rings (SSSR count). The van der Waals surface area contributed by atoms with Crippen LogP contribution in [0.15, 0.2) is 0 Å². The molecule has 2 amide bonds. The summed E-state index contributed by atoms with van der Waals surface area (Å²) in [6.07, 6.45) is 4.75. The fourth-order valence-corrected chi connectivity index (χ4v) is 2.72. The number of urea groups is 1. The molecule has 1 N–H and O–H groups in total. The van der Waals surface area contributed by atoms with Crippen molar-refractivity contribution in [3.63, 3.8) is 0 Å². The first-order chi connectivity index (χ1) is 7.20. The van der Waals surface area contributed by atoms with E-state index in [2.05, 4.69) is 24.2 Å². The van der Waals surface area contributed by atoms with Crippen molar-refractivity contribution in [2.24, 2.45) is 0 Å². The summed E-state index contributed by atoms with van der Waals surface area (Å²) in [6.45, 7) is 6.14. The van der Waals surface area contributed by atoms with E-state index in [0.29, 0.717) is 12.1 Å². The molecule has 0 bridgehead atoms. The van der Waals surface area contributed by atoms with E-state index in [1.165, 1.54) is 19.3 Å². The van der Waals surface area contributed by atoms with Crippen molar-refractivity contribution >= 4 is 6.03 Å². The molecule has 86 valence electrons. The molecular formula is C11H21N3O. The Labute approximate surface area is 91.6 Å². The number of amides is 2. The summed E-state index contributed by atoms with van der Waals surface area (Å²) in [5.41, 5.74) is 0. The van der Waals surface area contributed by atoms with E-state index in [9.17, 15) is 4.79 Å². The minimum Gasteiger partial charge on any atom is -0.337 e. The SMILES string of the molecule is CC1CCCC(C)N1N1CCCNC1=O. The molecule has 0 aromatic rings. The minimum absolute atomic E-state index is 0.0850. The molecule has 0 aromatic heterocycles. The Balaban J connectivity index is 2.08. The molecule has 2 unspecified atom stereocenters. The highest BCUT2D eigenvalue weighted by molar-refractivity contribution is 5.74. The van der Waals surface area contributed by atoms with Crippen LogP contribution in [-0.4, -0.2) is 41.2 Å². The van der Waals surface area contributed by atoms with Crippen molar-refractivity contribution in [2.75, 3.05) is 13.1 Å². The van der Waals surface area contributed by atoms with Gasteiger partial charge >= 0.3 is 6.03 Å². The topological polar surface area (TPSA) is 35.6 Å². The van der Waals surface area contributed by atoms with Crippen LogP contribution in [0.3, 0.4) is 0 Å². The van der Waals surface area contributed by atoms with E-state index in [1.807, 2.05) is 5.01 Å². The first kappa shape index (κ1) is 10.7. The minimum atomic E-state index is 0.0850. The number of nitrogens with one attached hydrogen (secondary N) is 1. The monoisotopic (exact) mass is 211 g/mol. The maximum Gasteiger partial charge on any atom is 0.331 e. The molecule has 0 saturated carbocycles. The Morgan fingerprint density at radius 2 is 1.87 bits per heavy atom. The Bertz CT molecular complexity index is 234. The molecule has 0 radical (unpaired) electrons. The number of carbonyl (C=O) groups is 1. The van der Waals surface area contributed by atoms with Crippen LogP contribution in [0.1, 0.15) is 39.5 Å². The second-order valence-electron chi connectivity index (χ2n) is 4.72. The van der Waals surface area contributed by atoms with Gasteiger partial charge in [-0.05, 0) is 33.1 Å². The highest BCUT2D eigenvalue weighted by Gasteiger charge is 2.33. The molecule has 4 heteroatoms. The van der Waals surface area contributed by atoms with Crippen molar-refractivity contribution in [3.05, 3.63) is 0 Å². The average molecular weight is 211 g/mol. The number of carbonyl (C=O) groups excluding carboxylic acids is 1. The number of rotatable bonds is 1. The summed E-state index contributed by atoms with van der Waals surface area (Å²) in [4.78, 5) is 11.8. The maximum absolute atomic E-state index is 11.8. The van der Waals surface area contributed by atoms with E-state index in [0.717, 1.165) is 19.5 Å². The van der Waals surface area contributed by atoms with Crippen LogP contribution >= 0.6 is 0 Å². The molecule has 2 fully saturated rings. The van der Waals surface area contributed by atoms with Crippen molar-refractivity contribution in [2.45, 2.75) is 51.6 Å². The number of hydrogen-bond donors (Lipinski definition) is 1. The van der Waals surface area contributed by atoms with Crippen LogP contribution in [0.2, 0.25) is 0 Å². The first-order valence-corrected chi connectivity index (χ1v) is 6.04. The van der Waals surface area contributed by atoms with Gasteiger partial charge in [0.25, 0.3) is 0 Å². The van der Waals surface area contributed by atoms with Gasteiger partial charge < -0.3 is 5.32 Å². The molecule has 2 atom stereocenters. The molecule has 2 aliphatic rings. The quantitative estimate of drug-likeness (QED) is 0.714. The van der Waals surface area contributed by atoms with E-state index in [4.69, 9.17) is 0 Å². The molecule has 2 saturated heterocycles. The van der Waals surface area contributed by atoms with Crippen molar-refractivity contribution in [1.82, 2.24) is 15.3 Å². The second-order valence-corrected chi connectivity index (χ2v) is 4.72. The number of hydrogen-bond acceptors (Lipinski definition) is 2. The van der Waals surface area contributed by atoms with Crippen molar-refractivity contribution < 1.29 is 4.79 Å². The highest BCUT2D eigenvalue weighted by atomic mass is 16.2. The molecule has 0 spiro atoms. The predicted octanol–water partition coefficient (Wildman–Crippen LogP) is 1.58. The molecule has 2 aliphatic heterocycles. The summed E-state index contributed by atoms with van der Waals surface area (Å²) in [5, 5.41) is 7.11. The smallest absolute Gasteiger partial charge is 0.331 e. The summed E-state index contributed by atoms with van der Waals surface area (Å²) < 4.78 is 0. The average Bonchev–Trinajstić information content (AvgIpc) is 2.20. The van der Waals surface area contributed by atoms with Gasteiger partial charge in [-0.15, -0.1) is 0 Å². The summed E-state index contributed by atoms with van der Waals surface area (Å²) in [6, 6.07) is 1.08. The Hall–Kier alpha value is -0.770. The van der Waals surface area contributed by atoms with Gasteiger partial charge in [0.05, 0.1) is 0 Å². The third-order valence-corrected chi connectivity index (χ3v) is 3.48. The van der Waals surface area contributed by atoms with Crippen LogP contribution in [-0.2, 0) is 0 Å². The van der Waals surface area contributed by atoms with Crippen LogP contribution in [0.4, 0.5) is 4.79 Å². The van der Waals surface area contributed by atoms with Gasteiger partial charge in [-0.25, -0.2) is 9.80 Å². The molecular weight excluding hydrogens is 190 g/mol. The van der Waals surface area contributed by atoms with Gasteiger partial charge in [-0.1, -0.05) is 6.42 Å². The Morgan fingerprint density at radius 3 is 2.47 bits per heavy atom.